The van der Waals surface area contributed by atoms with Crippen LogP contribution in [0.4, 0.5) is 0 Å². The van der Waals surface area contributed by atoms with E-state index in [9.17, 15) is 4.79 Å². The third-order valence-corrected chi connectivity index (χ3v) is 5.04. The Morgan fingerprint density at radius 2 is 2.29 bits per heavy atom. The van der Waals surface area contributed by atoms with Gasteiger partial charge in [-0.1, -0.05) is 28.8 Å². The van der Waals surface area contributed by atoms with Crippen molar-refractivity contribution in [2.75, 3.05) is 7.11 Å². The zero-order valence-corrected chi connectivity index (χ0v) is 12.1. The molecule has 1 aliphatic rings. The third-order valence-electron chi connectivity index (χ3n) is 3.05. The minimum Gasteiger partial charge on any atom is -0.495 e. The zero-order valence-electron chi connectivity index (χ0n) is 9.74. The molecule has 1 aromatic heterocycles. The Morgan fingerprint density at radius 1 is 1.53 bits per heavy atom. The summed E-state index contributed by atoms with van der Waals surface area (Å²) in [5.41, 5.74) is 0. The molecule has 2 atom stereocenters. The van der Waals surface area contributed by atoms with E-state index in [4.69, 9.17) is 4.74 Å². The van der Waals surface area contributed by atoms with E-state index in [-0.39, 0.29) is 11.9 Å². The molecule has 1 saturated carbocycles. The van der Waals surface area contributed by atoms with Crippen LogP contribution < -0.4 is 10.1 Å². The van der Waals surface area contributed by atoms with Gasteiger partial charge in [0.25, 0.3) is 5.91 Å². The Kier molecular flexibility index (Phi) is 4.45. The van der Waals surface area contributed by atoms with E-state index in [1.165, 1.54) is 24.2 Å². The smallest absolute Gasteiger partial charge is 0.265 e. The van der Waals surface area contributed by atoms with Crippen molar-refractivity contribution >= 4 is 33.2 Å². The lowest BCUT2D eigenvalue weighted by atomic mass is 9.95. The van der Waals surface area contributed by atoms with Gasteiger partial charge in [-0.05, 0) is 24.3 Å². The number of nitrogens with one attached hydrogen (secondary N) is 1. The van der Waals surface area contributed by atoms with Crippen molar-refractivity contribution in [1.82, 2.24) is 5.32 Å². The van der Waals surface area contributed by atoms with Gasteiger partial charge in [-0.25, -0.2) is 0 Å². The summed E-state index contributed by atoms with van der Waals surface area (Å²) in [6, 6.07) is 2.06. The molecule has 5 heteroatoms. The monoisotopic (exact) mass is 317 g/mol. The number of carbonyl (C=O) groups is 1. The molecule has 0 saturated heterocycles. The van der Waals surface area contributed by atoms with Crippen molar-refractivity contribution < 1.29 is 9.53 Å². The standard InChI is InChI=1S/C12H16BrNO2S/c1-16-10-6-7-17-11(10)12(15)14-9-5-3-2-4-8(9)13/h6-9H,2-5H2,1H3,(H,14,15). The largest absolute Gasteiger partial charge is 0.495 e. The van der Waals surface area contributed by atoms with E-state index in [1.54, 1.807) is 7.11 Å². The molecule has 3 nitrogen and oxygen atoms in total. The molecule has 17 heavy (non-hydrogen) atoms. The van der Waals surface area contributed by atoms with E-state index in [0.29, 0.717) is 15.5 Å². The number of hydrogen-bond donors (Lipinski definition) is 1. The second kappa shape index (κ2) is 5.87. The van der Waals surface area contributed by atoms with Crippen LogP contribution in [0, 0.1) is 0 Å². The molecule has 1 N–H and O–H groups in total. The molecular formula is C12H16BrNO2S. The van der Waals surface area contributed by atoms with E-state index < -0.39 is 0 Å². The molecule has 1 heterocycles. The molecule has 1 aliphatic carbocycles. The van der Waals surface area contributed by atoms with E-state index >= 15 is 0 Å². The van der Waals surface area contributed by atoms with E-state index in [0.717, 1.165) is 12.8 Å². The topological polar surface area (TPSA) is 38.3 Å². The highest BCUT2D eigenvalue weighted by molar-refractivity contribution is 9.09. The van der Waals surface area contributed by atoms with Crippen molar-refractivity contribution in [2.24, 2.45) is 0 Å². The normalized spacial score (nSPS) is 24.4. The highest BCUT2D eigenvalue weighted by Crippen LogP contribution is 2.27. The summed E-state index contributed by atoms with van der Waals surface area (Å²) in [7, 11) is 1.59. The molecule has 0 aliphatic heterocycles. The summed E-state index contributed by atoms with van der Waals surface area (Å²) in [4.78, 5) is 13.2. The van der Waals surface area contributed by atoms with Gasteiger partial charge in [-0.3, -0.25) is 4.79 Å². The first-order chi connectivity index (χ1) is 8.22. The number of rotatable bonds is 3. The van der Waals surface area contributed by atoms with Crippen molar-refractivity contribution in [3.8, 4) is 5.75 Å². The van der Waals surface area contributed by atoms with Gasteiger partial charge in [0.2, 0.25) is 0 Å². The third kappa shape index (κ3) is 3.01. The lowest BCUT2D eigenvalue weighted by Gasteiger charge is -2.28. The first kappa shape index (κ1) is 12.9. The van der Waals surface area contributed by atoms with Crippen LogP contribution in [0.2, 0.25) is 0 Å². The number of methoxy groups -OCH3 is 1. The average Bonchev–Trinajstić information content (AvgIpc) is 2.80. The number of carbonyl (C=O) groups excluding carboxylic acids is 1. The van der Waals surface area contributed by atoms with Crippen LogP contribution in [0.15, 0.2) is 11.4 Å². The first-order valence-corrected chi connectivity index (χ1v) is 7.58. The van der Waals surface area contributed by atoms with Crippen molar-refractivity contribution in [2.45, 2.75) is 36.6 Å². The first-order valence-electron chi connectivity index (χ1n) is 5.79. The molecule has 2 unspecified atom stereocenters. The van der Waals surface area contributed by atoms with Gasteiger partial charge >= 0.3 is 0 Å². The lowest BCUT2D eigenvalue weighted by molar-refractivity contribution is 0.0931. The lowest BCUT2D eigenvalue weighted by Crippen LogP contribution is -2.42. The molecule has 1 fully saturated rings. The van der Waals surface area contributed by atoms with Crippen molar-refractivity contribution in [1.29, 1.82) is 0 Å². The van der Waals surface area contributed by atoms with Crippen molar-refractivity contribution in [3.63, 3.8) is 0 Å². The zero-order chi connectivity index (χ0) is 12.3. The minimum atomic E-state index is -0.0202. The Morgan fingerprint density at radius 3 is 3.00 bits per heavy atom. The van der Waals surface area contributed by atoms with Crippen LogP contribution >= 0.6 is 27.3 Å². The predicted molar refractivity (Wildman–Crippen MR) is 73.3 cm³/mol. The van der Waals surface area contributed by atoms with Crippen LogP contribution in [-0.2, 0) is 0 Å². The summed E-state index contributed by atoms with van der Waals surface area (Å²) < 4.78 is 5.16. The maximum Gasteiger partial charge on any atom is 0.265 e. The van der Waals surface area contributed by atoms with Crippen LogP contribution in [-0.4, -0.2) is 23.9 Å². The molecule has 0 spiro atoms. The van der Waals surface area contributed by atoms with Gasteiger partial charge < -0.3 is 10.1 Å². The fraction of sp³-hybridized carbons (Fsp3) is 0.583. The number of hydrogen-bond acceptors (Lipinski definition) is 3. The molecule has 0 aromatic carbocycles. The Bertz CT molecular complexity index is 394. The predicted octanol–water partition coefficient (Wildman–Crippen LogP) is 3.19. The second-order valence-electron chi connectivity index (χ2n) is 4.20. The van der Waals surface area contributed by atoms with Crippen LogP contribution in [0.5, 0.6) is 5.75 Å². The number of halogens is 1. The second-order valence-corrected chi connectivity index (χ2v) is 6.29. The summed E-state index contributed by atoms with van der Waals surface area (Å²) >= 11 is 5.06. The fourth-order valence-electron chi connectivity index (χ4n) is 2.11. The quantitative estimate of drug-likeness (QED) is 0.869. The fourth-order valence-corrected chi connectivity index (χ4v) is 3.59. The number of alkyl halides is 1. The van der Waals surface area contributed by atoms with E-state index in [1.807, 2.05) is 11.4 Å². The molecule has 1 aromatic rings. The van der Waals surface area contributed by atoms with Gasteiger partial charge in [-0.2, -0.15) is 0 Å². The van der Waals surface area contributed by atoms with Gasteiger partial charge in [-0.15, -0.1) is 11.3 Å². The number of thiophene rings is 1. The van der Waals surface area contributed by atoms with E-state index in [2.05, 4.69) is 21.2 Å². The number of amides is 1. The summed E-state index contributed by atoms with van der Waals surface area (Å²) in [6.07, 6.45) is 4.61. The highest BCUT2D eigenvalue weighted by Gasteiger charge is 2.25. The van der Waals surface area contributed by atoms with Crippen LogP contribution in [0.3, 0.4) is 0 Å². The summed E-state index contributed by atoms with van der Waals surface area (Å²) in [5, 5.41) is 4.97. The maximum atomic E-state index is 12.1. The summed E-state index contributed by atoms with van der Waals surface area (Å²) in [5.74, 6) is 0.641. The SMILES string of the molecule is COc1ccsc1C(=O)NC1CCCCC1Br. The molecule has 2 rings (SSSR count). The van der Waals surface area contributed by atoms with Gasteiger partial charge in [0, 0.05) is 10.9 Å². The summed E-state index contributed by atoms with van der Waals surface area (Å²) in [6.45, 7) is 0. The average molecular weight is 318 g/mol. The molecule has 94 valence electrons. The number of ether oxygens (including phenoxy) is 1. The van der Waals surface area contributed by atoms with Crippen LogP contribution in [0.1, 0.15) is 35.4 Å². The maximum absolute atomic E-state index is 12.1. The van der Waals surface area contributed by atoms with Crippen molar-refractivity contribution in [3.05, 3.63) is 16.3 Å². The Labute approximate surface area is 114 Å². The molecule has 0 radical (unpaired) electrons. The van der Waals surface area contributed by atoms with Gasteiger partial charge in [0.05, 0.1) is 7.11 Å². The minimum absolute atomic E-state index is 0.0202. The van der Waals surface area contributed by atoms with Crippen LogP contribution in [0.25, 0.3) is 0 Å². The molecular weight excluding hydrogens is 302 g/mol. The molecule has 0 bridgehead atoms. The Hall–Kier alpha value is -0.550. The van der Waals surface area contributed by atoms with Gasteiger partial charge in [0.1, 0.15) is 10.6 Å². The highest BCUT2D eigenvalue weighted by atomic mass is 79.9. The molecule has 1 amide bonds. The van der Waals surface area contributed by atoms with Gasteiger partial charge in [0.15, 0.2) is 0 Å². The Balaban J connectivity index is 2.01.